The Hall–Kier alpha value is -2.20. The van der Waals surface area contributed by atoms with Crippen LogP contribution in [-0.4, -0.2) is 18.3 Å². The predicted octanol–water partition coefficient (Wildman–Crippen LogP) is 2.51. The van der Waals surface area contributed by atoms with E-state index in [9.17, 15) is 5.11 Å². The molecule has 0 aromatic heterocycles. The lowest BCUT2D eigenvalue weighted by molar-refractivity contribution is 0.219. The second-order valence-corrected chi connectivity index (χ2v) is 4.83. The summed E-state index contributed by atoms with van der Waals surface area (Å²) in [6.07, 6.45) is 0.137. The van der Waals surface area contributed by atoms with Crippen LogP contribution in [0.5, 0.6) is 11.5 Å². The van der Waals surface area contributed by atoms with Gasteiger partial charge in [0.25, 0.3) is 0 Å². The first-order valence-corrected chi connectivity index (χ1v) is 6.67. The quantitative estimate of drug-likeness (QED) is 0.824. The van der Waals surface area contributed by atoms with Crippen LogP contribution in [0.15, 0.2) is 42.5 Å². The summed E-state index contributed by atoms with van der Waals surface area (Å²) in [5.74, 6) is 1.41. The number of nitrogen functional groups attached to an aromatic ring is 1. The molecule has 1 aliphatic rings. The Bertz CT molecular complexity index is 612. The number of aliphatic hydroxyl groups excluding tert-OH is 1. The third kappa shape index (κ3) is 2.56. The van der Waals surface area contributed by atoms with E-state index in [1.807, 2.05) is 30.3 Å². The number of aliphatic hydroxyl groups is 1. The largest absolute Gasteiger partial charge is 0.490 e. The number of rotatable bonds is 2. The molecule has 20 heavy (non-hydrogen) atoms. The molecule has 0 saturated heterocycles. The van der Waals surface area contributed by atoms with Gasteiger partial charge in [0.2, 0.25) is 0 Å². The normalized spacial score (nSPS) is 15.4. The molecule has 0 bridgehead atoms. The highest BCUT2D eigenvalue weighted by Crippen LogP contribution is 2.34. The van der Waals surface area contributed by atoms with Gasteiger partial charge in [-0.05, 0) is 35.4 Å². The van der Waals surface area contributed by atoms with E-state index in [2.05, 4.69) is 0 Å². The van der Waals surface area contributed by atoms with Crippen molar-refractivity contribution in [2.45, 2.75) is 12.5 Å². The molecule has 1 atom stereocenters. The van der Waals surface area contributed by atoms with Crippen LogP contribution in [-0.2, 0) is 0 Å². The highest BCUT2D eigenvalue weighted by molar-refractivity contribution is 5.48. The first-order chi connectivity index (χ1) is 9.74. The SMILES string of the molecule is Nc1cccc(C(O)c2ccc3c(c2)OCCCO3)c1. The zero-order valence-electron chi connectivity index (χ0n) is 11.1. The molecule has 0 radical (unpaired) electrons. The number of hydrogen-bond donors (Lipinski definition) is 2. The van der Waals surface area contributed by atoms with Crippen LogP contribution in [0.2, 0.25) is 0 Å². The molecular weight excluding hydrogens is 254 g/mol. The fourth-order valence-corrected chi connectivity index (χ4v) is 2.27. The van der Waals surface area contributed by atoms with Crippen molar-refractivity contribution in [2.75, 3.05) is 18.9 Å². The molecule has 0 spiro atoms. The average Bonchev–Trinajstić information content (AvgIpc) is 2.71. The summed E-state index contributed by atoms with van der Waals surface area (Å²) in [5.41, 5.74) is 7.91. The number of nitrogens with two attached hydrogens (primary N) is 1. The van der Waals surface area contributed by atoms with Gasteiger partial charge in [-0.3, -0.25) is 0 Å². The number of anilines is 1. The maximum Gasteiger partial charge on any atom is 0.161 e. The first kappa shape index (κ1) is 12.8. The molecule has 3 N–H and O–H groups in total. The summed E-state index contributed by atoms with van der Waals surface area (Å²) in [5, 5.41) is 10.4. The van der Waals surface area contributed by atoms with Crippen molar-refractivity contribution < 1.29 is 14.6 Å². The van der Waals surface area contributed by atoms with Gasteiger partial charge >= 0.3 is 0 Å². The maximum absolute atomic E-state index is 10.4. The highest BCUT2D eigenvalue weighted by Gasteiger charge is 2.16. The zero-order valence-corrected chi connectivity index (χ0v) is 11.1. The van der Waals surface area contributed by atoms with Gasteiger partial charge in [-0.15, -0.1) is 0 Å². The molecule has 0 saturated carbocycles. The second-order valence-electron chi connectivity index (χ2n) is 4.83. The Morgan fingerprint density at radius 3 is 2.50 bits per heavy atom. The Labute approximate surface area is 117 Å². The van der Waals surface area contributed by atoms with Crippen molar-refractivity contribution in [1.29, 1.82) is 0 Å². The molecule has 2 aromatic carbocycles. The van der Waals surface area contributed by atoms with Crippen molar-refractivity contribution in [2.24, 2.45) is 0 Å². The molecule has 1 heterocycles. The Balaban J connectivity index is 1.92. The minimum absolute atomic E-state index is 0.630. The Kier molecular flexibility index (Phi) is 3.48. The molecule has 4 nitrogen and oxygen atoms in total. The number of fused-ring (bicyclic) bond motifs is 1. The van der Waals surface area contributed by atoms with Gasteiger partial charge in [0.15, 0.2) is 11.5 Å². The summed E-state index contributed by atoms with van der Waals surface area (Å²) >= 11 is 0. The van der Waals surface area contributed by atoms with Gasteiger partial charge in [0, 0.05) is 12.1 Å². The molecule has 4 heteroatoms. The summed E-state index contributed by atoms with van der Waals surface area (Å²) in [4.78, 5) is 0. The predicted molar refractivity (Wildman–Crippen MR) is 77.0 cm³/mol. The van der Waals surface area contributed by atoms with E-state index in [4.69, 9.17) is 15.2 Å². The van der Waals surface area contributed by atoms with E-state index >= 15 is 0 Å². The zero-order chi connectivity index (χ0) is 13.9. The molecule has 2 aromatic rings. The van der Waals surface area contributed by atoms with E-state index < -0.39 is 6.10 Å². The molecular formula is C16H17NO3. The number of hydrogen-bond acceptors (Lipinski definition) is 4. The smallest absolute Gasteiger partial charge is 0.161 e. The molecule has 0 fully saturated rings. The summed E-state index contributed by atoms with van der Waals surface area (Å²) in [6.45, 7) is 1.29. The molecule has 0 amide bonds. The van der Waals surface area contributed by atoms with Gasteiger partial charge in [-0.1, -0.05) is 18.2 Å². The maximum atomic E-state index is 10.4. The van der Waals surface area contributed by atoms with Crippen LogP contribution in [0.3, 0.4) is 0 Å². The van der Waals surface area contributed by atoms with E-state index in [-0.39, 0.29) is 0 Å². The topological polar surface area (TPSA) is 64.7 Å². The van der Waals surface area contributed by atoms with Gasteiger partial charge in [0.1, 0.15) is 6.10 Å². The third-order valence-electron chi connectivity index (χ3n) is 3.31. The fourth-order valence-electron chi connectivity index (χ4n) is 2.27. The van der Waals surface area contributed by atoms with E-state index in [1.165, 1.54) is 0 Å². The Morgan fingerprint density at radius 1 is 0.950 bits per heavy atom. The van der Waals surface area contributed by atoms with Crippen LogP contribution >= 0.6 is 0 Å². The minimum Gasteiger partial charge on any atom is -0.490 e. The van der Waals surface area contributed by atoms with Crippen molar-refractivity contribution in [1.82, 2.24) is 0 Å². The van der Waals surface area contributed by atoms with Crippen LogP contribution in [0.25, 0.3) is 0 Å². The van der Waals surface area contributed by atoms with Gasteiger partial charge in [0.05, 0.1) is 13.2 Å². The molecule has 0 aliphatic carbocycles. The standard InChI is InChI=1S/C16H17NO3/c17-13-4-1-3-11(9-13)16(18)12-5-6-14-15(10-12)20-8-2-7-19-14/h1,3-6,9-10,16,18H,2,7-8,17H2. The van der Waals surface area contributed by atoms with Gasteiger partial charge in [-0.2, -0.15) is 0 Å². The number of benzene rings is 2. The summed E-state index contributed by atoms with van der Waals surface area (Å²) < 4.78 is 11.2. The van der Waals surface area contributed by atoms with Crippen molar-refractivity contribution >= 4 is 5.69 Å². The highest BCUT2D eigenvalue weighted by atomic mass is 16.5. The van der Waals surface area contributed by atoms with E-state index in [0.717, 1.165) is 23.3 Å². The molecule has 1 aliphatic heterocycles. The van der Waals surface area contributed by atoms with Crippen LogP contribution in [0.1, 0.15) is 23.7 Å². The second kappa shape index (κ2) is 5.43. The van der Waals surface area contributed by atoms with E-state index in [0.29, 0.717) is 24.7 Å². The number of ether oxygens (including phenoxy) is 2. The Morgan fingerprint density at radius 2 is 1.70 bits per heavy atom. The van der Waals surface area contributed by atoms with Crippen molar-refractivity contribution in [3.05, 3.63) is 53.6 Å². The van der Waals surface area contributed by atoms with E-state index in [1.54, 1.807) is 12.1 Å². The van der Waals surface area contributed by atoms with Gasteiger partial charge < -0.3 is 20.3 Å². The fraction of sp³-hybridized carbons (Fsp3) is 0.250. The average molecular weight is 271 g/mol. The van der Waals surface area contributed by atoms with Crippen LogP contribution in [0.4, 0.5) is 5.69 Å². The monoisotopic (exact) mass is 271 g/mol. The van der Waals surface area contributed by atoms with Crippen molar-refractivity contribution in [3.8, 4) is 11.5 Å². The first-order valence-electron chi connectivity index (χ1n) is 6.67. The van der Waals surface area contributed by atoms with Crippen LogP contribution in [0, 0.1) is 0 Å². The third-order valence-corrected chi connectivity index (χ3v) is 3.31. The molecule has 1 unspecified atom stereocenters. The lowest BCUT2D eigenvalue weighted by atomic mass is 10.0. The van der Waals surface area contributed by atoms with Gasteiger partial charge in [-0.25, -0.2) is 0 Å². The van der Waals surface area contributed by atoms with Crippen LogP contribution < -0.4 is 15.2 Å². The molecule has 104 valence electrons. The summed E-state index contributed by atoms with van der Waals surface area (Å²) in [7, 11) is 0. The minimum atomic E-state index is -0.726. The van der Waals surface area contributed by atoms with Crippen molar-refractivity contribution in [3.63, 3.8) is 0 Å². The lowest BCUT2D eigenvalue weighted by Crippen LogP contribution is -2.01. The lowest BCUT2D eigenvalue weighted by Gasteiger charge is -2.14. The summed E-state index contributed by atoms with van der Waals surface area (Å²) in [6, 6.07) is 12.8. The molecule has 3 rings (SSSR count).